The summed E-state index contributed by atoms with van der Waals surface area (Å²) in [7, 11) is 2.50. The minimum absolute atomic E-state index is 0.0609. The molecule has 3 rings (SSSR count). The second kappa shape index (κ2) is 19.7. The SMILES string of the molecule is CCCCCC/C(=N\OC(C)=O)C(=O)c1ccc2c(c1)C(C(C)C(=O)OC)(C(C)C(=O)OC)c1cc(C(=O)/C(CCCCCC)=N/OC(C)=O)ccc1-2. The first-order chi connectivity index (χ1) is 25.3. The van der Waals surface area contributed by atoms with Crippen LogP contribution in [0.3, 0.4) is 0 Å². The first-order valence-corrected chi connectivity index (χ1v) is 18.3. The Morgan fingerprint density at radius 1 is 0.604 bits per heavy atom. The highest BCUT2D eigenvalue weighted by Gasteiger charge is 2.56. The maximum atomic E-state index is 14.1. The van der Waals surface area contributed by atoms with Crippen LogP contribution in [0.2, 0.25) is 0 Å². The third-order valence-corrected chi connectivity index (χ3v) is 9.85. The second-order valence-corrected chi connectivity index (χ2v) is 13.4. The molecule has 12 heteroatoms. The molecule has 2 unspecified atom stereocenters. The van der Waals surface area contributed by atoms with Crippen molar-refractivity contribution in [1.29, 1.82) is 0 Å². The number of hydrogen-bond acceptors (Lipinski definition) is 12. The van der Waals surface area contributed by atoms with Gasteiger partial charge in [0.25, 0.3) is 0 Å². The Kier molecular flexibility index (Phi) is 15.8. The Bertz CT molecular complexity index is 1630. The number of ketones is 2. The molecule has 0 bridgehead atoms. The van der Waals surface area contributed by atoms with Crippen LogP contribution in [0.5, 0.6) is 0 Å². The molecule has 0 aromatic heterocycles. The van der Waals surface area contributed by atoms with Crippen molar-refractivity contribution in [3.8, 4) is 11.1 Å². The molecule has 0 heterocycles. The van der Waals surface area contributed by atoms with Gasteiger partial charge >= 0.3 is 23.9 Å². The van der Waals surface area contributed by atoms with Gasteiger partial charge in [-0.1, -0.05) is 101 Å². The molecule has 0 N–H and O–H groups in total. The van der Waals surface area contributed by atoms with E-state index in [1.165, 1.54) is 28.1 Å². The van der Waals surface area contributed by atoms with Crippen LogP contribution in [0.15, 0.2) is 46.7 Å². The molecule has 1 aliphatic rings. The Labute approximate surface area is 311 Å². The van der Waals surface area contributed by atoms with Crippen LogP contribution in [0.4, 0.5) is 0 Å². The number of oxime groups is 2. The number of Topliss-reactive ketones (excluding diaryl/α,β-unsaturated/α-hetero) is 2. The van der Waals surface area contributed by atoms with Crippen molar-refractivity contribution in [2.75, 3.05) is 14.2 Å². The number of benzene rings is 2. The summed E-state index contributed by atoms with van der Waals surface area (Å²) in [6.45, 7) is 9.81. The van der Waals surface area contributed by atoms with E-state index in [1.54, 1.807) is 50.2 Å². The van der Waals surface area contributed by atoms with Crippen LogP contribution in [0, 0.1) is 11.8 Å². The molecular formula is C41H52N2O10. The second-order valence-electron chi connectivity index (χ2n) is 13.4. The molecular weight excluding hydrogens is 680 g/mol. The van der Waals surface area contributed by atoms with E-state index in [2.05, 4.69) is 24.2 Å². The molecule has 2 aromatic carbocycles. The molecule has 1 aliphatic carbocycles. The summed E-state index contributed by atoms with van der Waals surface area (Å²) in [6.07, 6.45) is 7.45. The Morgan fingerprint density at radius 2 is 0.981 bits per heavy atom. The van der Waals surface area contributed by atoms with Gasteiger partial charge in [-0.2, -0.15) is 0 Å². The lowest BCUT2D eigenvalue weighted by atomic mass is 9.61. The fraction of sp³-hybridized carbons (Fsp3) is 0.512. The molecule has 12 nitrogen and oxygen atoms in total. The number of carbonyl (C=O) groups excluding carboxylic acids is 6. The van der Waals surface area contributed by atoms with Crippen molar-refractivity contribution < 1.29 is 47.9 Å². The zero-order valence-corrected chi connectivity index (χ0v) is 32.2. The smallest absolute Gasteiger partial charge is 0.331 e. The summed E-state index contributed by atoms with van der Waals surface area (Å²) in [5.41, 5.74) is 1.27. The average molecular weight is 733 g/mol. The number of hydrogen-bond donors (Lipinski definition) is 0. The number of carbonyl (C=O) groups is 6. The normalized spacial score (nSPS) is 16.2. The maximum absolute atomic E-state index is 14.1. The number of ether oxygens (including phenoxy) is 2. The van der Waals surface area contributed by atoms with Gasteiger partial charge in [-0.3, -0.25) is 19.2 Å². The van der Waals surface area contributed by atoms with Gasteiger partial charge in [0.05, 0.1) is 26.1 Å². The van der Waals surface area contributed by atoms with Crippen molar-refractivity contribution >= 4 is 46.9 Å². The zero-order chi connectivity index (χ0) is 39.3. The maximum Gasteiger partial charge on any atom is 0.331 e. The molecule has 2 aromatic rings. The molecule has 2 atom stereocenters. The molecule has 0 aliphatic heterocycles. The summed E-state index contributed by atoms with van der Waals surface area (Å²) in [5.74, 6) is -5.60. The fourth-order valence-corrected chi connectivity index (χ4v) is 7.12. The summed E-state index contributed by atoms with van der Waals surface area (Å²) < 4.78 is 10.5. The highest BCUT2D eigenvalue weighted by Crippen LogP contribution is 2.57. The Hall–Kier alpha value is -5.00. The Morgan fingerprint density at radius 3 is 1.30 bits per heavy atom. The third-order valence-electron chi connectivity index (χ3n) is 9.85. The predicted molar refractivity (Wildman–Crippen MR) is 200 cm³/mol. The topological polar surface area (TPSA) is 164 Å². The van der Waals surface area contributed by atoms with Crippen LogP contribution in [-0.2, 0) is 43.7 Å². The van der Waals surface area contributed by atoms with E-state index >= 15 is 0 Å². The average Bonchev–Trinajstić information content (AvgIpc) is 3.44. The lowest BCUT2D eigenvalue weighted by Gasteiger charge is -2.40. The van der Waals surface area contributed by atoms with Gasteiger partial charge in [0.15, 0.2) is 0 Å². The quantitative estimate of drug-likeness (QED) is 0.0329. The summed E-state index contributed by atoms with van der Waals surface area (Å²) in [5, 5.41) is 7.83. The van der Waals surface area contributed by atoms with Gasteiger partial charge in [0.1, 0.15) is 11.4 Å². The highest BCUT2D eigenvalue weighted by molar-refractivity contribution is 6.46. The Balaban J connectivity index is 2.31. The molecule has 0 saturated carbocycles. The third kappa shape index (κ3) is 9.71. The van der Waals surface area contributed by atoms with Gasteiger partial charge in [0.2, 0.25) is 11.6 Å². The van der Waals surface area contributed by atoms with Gasteiger partial charge in [-0.15, -0.1) is 0 Å². The van der Waals surface area contributed by atoms with E-state index in [1.807, 2.05) is 0 Å². The first kappa shape index (κ1) is 42.4. The monoisotopic (exact) mass is 732 g/mol. The largest absolute Gasteiger partial charge is 0.469 e. The van der Waals surface area contributed by atoms with Crippen LogP contribution >= 0.6 is 0 Å². The summed E-state index contributed by atoms with van der Waals surface area (Å²) in [6, 6.07) is 9.99. The predicted octanol–water partition coefficient (Wildman–Crippen LogP) is 7.72. The van der Waals surface area contributed by atoms with E-state index in [4.69, 9.17) is 19.1 Å². The number of nitrogens with zero attached hydrogens (tertiary/aromatic N) is 2. The number of unbranched alkanes of at least 4 members (excludes halogenated alkanes) is 6. The standard InChI is InChI=1S/C41H52N2O10/c1-9-11-13-15-17-35(42-52-27(5)44)37(46)29-19-21-31-32-22-20-30(38(47)36(43-53-28(6)45)18-16-14-12-10-2)24-34(32)41(33(31)23-29,25(3)39(48)50-7)26(4)40(49)51-8/h19-26H,9-18H2,1-8H3/b42-35+,43-36+. The number of methoxy groups -OCH3 is 2. The zero-order valence-electron chi connectivity index (χ0n) is 32.2. The van der Waals surface area contributed by atoms with Gasteiger partial charge in [-0.05, 0) is 60.1 Å². The van der Waals surface area contributed by atoms with E-state index in [0.717, 1.165) is 38.5 Å². The molecule has 0 saturated heterocycles. The molecule has 0 amide bonds. The molecule has 286 valence electrons. The van der Waals surface area contributed by atoms with Crippen LogP contribution in [-0.4, -0.2) is 61.1 Å². The van der Waals surface area contributed by atoms with E-state index in [0.29, 0.717) is 35.1 Å². The number of esters is 2. The van der Waals surface area contributed by atoms with E-state index in [-0.39, 0.29) is 35.4 Å². The van der Waals surface area contributed by atoms with Crippen LogP contribution in [0.25, 0.3) is 11.1 Å². The van der Waals surface area contributed by atoms with Crippen LogP contribution in [0.1, 0.15) is 138 Å². The summed E-state index contributed by atoms with van der Waals surface area (Å²) in [4.78, 5) is 88.5. The minimum Gasteiger partial charge on any atom is -0.469 e. The molecule has 0 radical (unpaired) electrons. The number of fused-ring (bicyclic) bond motifs is 3. The van der Waals surface area contributed by atoms with E-state index < -0.39 is 52.7 Å². The van der Waals surface area contributed by atoms with E-state index in [9.17, 15) is 28.8 Å². The molecule has 0 spiro atoms. The van der Waals surface area contributed by atoms with Crippen molar-refractivity contribution in [3.63, 3.8) is 0 Å². The lowest BCUT2D eigenvalue weighted by Crippen LogP contribution is -2.47. The van der Waals surface area contributed by atoms with Crippen molar-refractivity contribution in [2.45, 2.75) is 111 Å². The van der Waals surface area contributed by atoms with Gasteiger partial charge < -0.3 is 19.1 Å². The minimum atomic E-state index is -1.49. The van der Waals surface area contributed by atoms with Crippen molar-refractivity contribution in [3.05, 3.63) is 58.7 Å². The number of rotatable bonds is 20. The lowest BCUT2D eigenvalue weighted by molar-refractivity contribution is -0.152. The molecule has 0 fully saturated rings. The van der Waals surface area contributed by atoms with Gasteiger partial charge in [0, 0.05) is 30.4 Å². The van der Waals surface area contributed by atoms with Crippen molar-refractivity contribution in [2.24, 2.45) is 22.1 Å². The summed E-state index contributed by atoms with van der Waals surface area (Å²) >= 11 is 0. The highest BCUT2D eigenvalue weighted by atomic mass is 16.7. The van der Waals surface area contributed by atoms with Crippen molar-refractivity contribution in [1.82, 2.24) is 0 Å². The molecule has 53 heavy (non-hydrogen) atoms. The fourth-order valence-electron chi connectivity index (χ4n) is 7.12. The van der Waals surface area contributed by atoms with Gasteiger partial charge in [-0.25, -0.2) is 9.59 Å². The first-order valence-electron chi connectivity index (χ1n) is 18.3. The van der Waals surface area contributed by atoms with Crippen LogP contribution < -0.4 is 0 Å².